The molecule has 1 aliphatic heterocycles. The van der Waals surface area contributed by atoms with Gasteiger partial charge < -0.3 is 9.84 Å². The molecule has 6 atom stereocenters. The SMILES string of the molecule is CC1(C)[C@H](O)CC=C2[C@@H]1CC[C@@H]1C[C@@](C)([C@@H]3CO3)CC[C@]21C. The smallest absolute Gasteiger partial charge is 0.0863 e. The summed E-state index contributed by atoms with van der Waals surface area (Å²) >= 11 is 0. The van der Waals surface area contributed by atoms with E-state index in [0.717, 1.165) is 18.9 Å². The van der Waals surface area contributed by atoms with Crippen molar-refractivity contribution in [1.29, 1.82) is 0 Å². The second-order valence-corrected chi connectivity index (χ2v) is 9.66. The summed E-state index contributed by atoms with van der Waals surface area (Å²) in [6.07, 6.45) is 10.2. The third-order valence-corrected chi connectivity index (χ3v) is 8.10. The zero-order chi connectivity index (χ0) is 15.8. The second kappa shape index (κ2) is 4.60. The van der Waals surface area contributed by atoms with Gasteiger partial charge in [0.1, 0.15) is 0 Å². The Morgan fingerprint density at radius 3 is 2.55 bits per heavy atom. The number of fused-ring (bicyclic) bond motifs is 3. The van der Waals surface area contributed by atoms with Crippen LogP contribution in [0.5, 0.6) is 0 Å². The van der Waals surface area contributed by atoms with Gasteiger partial charge in [-0.05, 0) is 66.6 Å². The molecule has 2 heteroatoms. The molecule has 22 heavy (non-hydrogen) atoms. The first-order chi connectivity index (χ1) is 10.3. The summed E-state index contributed by atoms with van der Waals surface area (Å²) in [7, 11) is 0. The zero-order valence-corrected chi connectivity index (χ0v) is 14.7. The van der Waals surface area contributed by atoms with Crippen LogP contribution in [0.25, 0.3) is 0 Å². The predicted octanol–water partition coefficient (Wildman–Crippen LogP) is 4.33. The summed E-state index contributed by atoms with van der Waals surface area (Å²) in [5, 5.41) is 10.5. The van der Waals surface area contributed by atoms with Crippen LogP contribution in [0.2, 0.25) is 0 Å². The molecule has 124 valence electrons. The van der Waals surface area contributed by atoms with Crippen molar-refractivity contribution in [2.45, 2.75) is 78.4 Å². The first-order valence-electron chi connectivity index (χ1n) is 9.27. The fourth-order valence-electron chi connectivity index (χ4n) is 6.03. The average molecular weight is 304 g/mol. The number of rotatable bonds is 1. The van der Waals surface area contributed by atoms with Crippen molar-refractivity contribution in [2.24, 2.45) is 28.1 Å². The van der Waals surface area contributed by atoms with Crippen LogP contribution in [0.1, 0.15) is 66.2 Å². The number of hydrogen-bond acceptors (Lipinski definition) is 2. The van der Waals surface area contributed by atoms with Crippen LogP contribution in [0, 0.1) is 28.1 Å². The molecule has 0 bridgehead atoms. The van der Waals surface area contributed by atoms with Gasteiger partial charge in [-0.15, -0.1) is 0 Å². The Morgan fingerprint density at radius 1 is 1.14 bits per heavy atom. The lowest BCUT2D eigenvalue weighted by Crippen LogP contribution is -2.52. The van der Waals surface area contributed by atoms with Crippen LogP contribution in [-0.2, 0) is 4.74 Å². The third kappa shape index (κ3) is 1.99. The molecule has 0 aromatic carbocycles. The van der Waals surface area contributed by atoms with Gasteiger partial charge in [0, 0.05) is 0 Å². The standard InChI is InChI=1S/C20H32O2/c1-18(2)14-6-5-13-11-19(3,17-12-22-17)9-10-20(13,4)15(14)7-8-16(18)21/h7,13-14,16-17,21H,5-6,8-12H2,1-4H3/t13-,14+,16-,17+,19+,20+/m1/s1. The highest BCUT2D eigenvalue weighted by Crippen LogP contribution is 2.64. The van der Waals surface area contributed by atoms with E-state index in [1.807, 2.05) is 0 Å². The minimum absolute atomic E-state index is 0.0401. The molecule has 4 aliphatic rings. The van der Waals surface area contributed by atoms with Crippen LogP contribution in [0.3, 0.4) is 0 Å². The van der Waals surface area contributed by atoms with Crippen LogP contribution < -0.4 is 0 Å². The van der Waals surface area contributed by atoms with Gasteiger partial charge >= 0.3 is 0 Å². The molecule has 0 aromatic rings. The Bertz CT molecular complexity index is 504. The van der Waals surface area contributed by atoms with Gasteiger partial charge in [0.2, 0.25) is 0 Å². The molecule has 1 N–H and O–H groups in total. The van der Waals surface area contributed by atoms with E-state index < -0.39 is 0 Å². The van der Waals surface area contributed by atoms with Crippen molar-refractivity contribution < 1.29 is 9.84 Å². The molecule has 3 fully saturated rings. The number of allylic oxidation sites excluding steroid dienone is 1. The molecule has 0 unspecified atom stereocenters. The number of aliphatic hydroxyl groups excluding tert-OH is 1. The summed E-state index contributed by atoms with van der Waals surface area (Å²) < 4.78 is 5.67. The lowest BCUT2D eigenvalue weighted by Gasteiger charge is -2.59. The lowest BCUT2D eigenvalue weighted by molar-refractivity contribution is -0.0487. The van der Waals surface area contributed by atoms with E-state index in [-0.39, 0.29) is 11.5 Å². The first-order valence-corrected chi connectivity index (χ1v) is 9.27. The molecule has 3 aliphatic carbocycles. The fourth-order valence-corrected chi connectivity index (χ4v) is 6.03. The molecule has 1 saturated heterocycles. The molecule has 0 radical (unpaired) electrons. The van der Waals surface area contributed by atoms with Crippen molar-refractivity contribution in [1.82, 2.24) is 0 Å². The van der Waals surface area contributed by atoms with Crippen molar-refractivity contribution in [3.8, 4) is 0 Å². The lowest BCUT2D eigenvalue weighted by atomic mass is 9.46. The van der Waals surface area contributed by atoms with Crippen molar-refractivity contribution in [2.75, 3.05) is 6.61 Å². The van der Waals surface area contributed by atoms with Crippen molar-refractivity contribution >= 4 is 0 Å². The summed E-state index contributed by atoms with van der Waals surface area (Å²) in [5.41, 5.74) is 2.52. The highest BCUT2D eigenvalue weighted by atomic mass is 16.6. The first kappa shape index (κ1) is 15.2. The van der Waals surface area contributed by atoms with Gasteiger partial charge in [-0.25, -0.2) is 0 Å². The Morgan fingerprint density at radius 2 is 1.86 bits per heavy atom. The maximum Gasteiger partial charge on any atom is 0.0863 e. The van der Waals surface area contributed by atoms with E-state index >= 15 is 0 Å². The normalized spacial score (nSPS) is 53.2. The minimum atomic E-state index is -0.171. The van der Waals surface area contributed by atoms with Gasteiger partial charge in [-0.1, -0.05) is 39.3 Å². The third-order valence-electron chi connectivity index (χ3n) is 8.10. The van der Waals surface area contributed by atoms with Crippen LogP contribution >= 0.6 is 0 Å². The van der Waals surface area contributed by atoms with Crippen LogP contribution in [0.4, 0.5) is 0 Å². The Labute approximate surface area is 135 Å². The van der Waals surface area contributed by atoms with Crippen LogP contribution in [-0.4, -0.2) is 23.9 Å². The summed E-state index contributed by atoms with van der Waals surface area (Å²) in [4.78, 5) is 0. The Balaban J connectivity index is 1.64. The molecular formula is C20H32O2. The molecule has 2 saturated carbocycles. The number of ether oxygens (including phenoxy) is 1. The maximum absolute atomic E-state index is 10.5. The van der Waals surface area contributed by atoms with Crippen molar-refractivity contribution in [3.63, 3.8) is 0 Å². The summed E-state index contributed by atoms with van der Waals surface area (Å²) in [6, 6.07) is 0. The minimum Gasteiger partial charge on any atom is -0.392 e. The second-order valence-electron chi connectivity index (χ2n) is 9.66. The maximum atomic E-state index is 10.5. The molecule has 2 nitrogen and oxygen atoms in total. The summed E-state index contributed by atoms with van der Waals surface area (Å²) in [5.74, 6) is 1.39. The predicted molar refractivity (Wildman–Crippen MR) is 88.5 cm³/mol. The quantitative estimate of drug-likeness (QED) is 0.578. The van der Waals surface area contributed by atoms with E-state index in [2.05, 4.69) is 33.8 Å². The largest absolute Gasteiger partial charge is 0.392 e. The fraction of sp³-hybridized carbons (Fsp3) is 0.900. The number of aliphatic hydroxyl groups is 1. The molecule has 1 heterocycles. The van der Waals surface area contributed by atoms with E-state index in [0.29, 0.717) is 22.9 Å². The van der Waals surface area contributed by atoms with Crippen LogP contribution in [0.15, 0.2) is 11.6 Å². The van der Waals surface area contributed by atoms with Gasteiger partial charge in [0.05, 0.1) is 18.8 Å². The summed E-state index contributed by atoms with van der Waals surface area (Å²) in [6.45, 7) is 10.5. The average Bonchev–Trinajstić information content (AvgIpc) is 3.29. The molecule has 4 rings (SSSR count). The van der Waals surface area contributed by atoms with Crippen molar-refractivity contribution in [3.05, 3.63) is 11.6 Å². The zero-order valence-electron chi connectivity index (χ0n) is 14.7. The van der Waals surface area contributed by atoms with E-state index in [1.165, 1.54) is 32.1 Å². The Kier molecular flexibility index (Phi) is 3.18. The molecular weight excluding hydrogens is 272 g/mol. The van der Waals surface area contributed by atoms with E-state index in [9.17, 15) is 5.11 Å². The van der Waals surface area contributed by atoms with Gasteiger partial charge in [0.25, 0.3) is 0 Å². The number of epoxide rings is 1. The molecule has 0 aromatic heterocycles. The monoisotopic (exact) mass is 304 g/mol. The number of hydrogen-bond donors (Lipinski definition) is 1. The molecule has 0 spiro atoms. The van der Waals surface area contributed by atoms with Gasteiger partial charge in [-0.2, -0.15) is 0 Å². The Hall–Kier alpha value is -0.340. The van der Waals surface area contributed by atoms with Gasteiger partial charge in [0.15, 0.2) is 0 Å². The van der Waals surface area contributed by atoms with E-state index in [4.69, 9.17) is 4.74 Å². The highest BCUT2D eigenvalue weighted by molar-refractivity contribution is 5.28. The van der Waals surface area contributed by atoms with E-state index in [1.54, 1.807) is 5.57 Å². The van der Waals surface area contributed by atoms with Gasteiger partial charge in [-0.3, -0.25) is 0 Å². The topological polar surface area (TPSA) is 32.8 Å². The highest BCUT2D eigenvalue weighted by Gasteiger charge is 2.57. The molecule has 0 amide bonds.